The van der Waals surface area contributed by atoms with Crippen molar-refractivity contribution in [1.29, 1.82) is 0 Å². The minimum absolute atomic E-state index is 0. The quantitative estimate of drug-likeness (QED) is 0.834. The number of hydrogen-bond acceptors (Lipinski definition) is 4. The molecule has 2 aliphatic rings. The van der Waals surface area contributed by atoms with Crippen molar-refractivity contribution in [2.24, 2.45) is 0 Å². The van der Waals surface area contributed by atoms with Gasteiger partial charge in [-0.2, -0.15) is 0 Å². The first-order chi connectivity index (χ1) is 8.34. The summed E-state index contributed by atoms with van der Waals surface area (Å²) < 4.78 is 5.34. The molecule has 0 spiro atoms. The van der Waals surface area contributed by atoms with Crippen LogP contribution in [0.1, 0.15) is 21.2 Å². The Morgan fingerprint density at radius 2 is 2.00 bits per heavy atom. The van der Waals surface area contributed by atoms with E-state index in [2.05, 4.69) is 11.0 Å². The SMILES string of the molecule is Cl.O=C1SC(CN2CCOCC2)c2ccccc21. The number of halogens is 1. The molecule has 18 heavy (non-hydrogen) atoms. The van der Waals surface area contributed by atoms with Crippen LogP contribution in [0.25, 0.3) is 0 Å². The third-order valence-electron chi connectivity index (χ3n) is 3.30. The van der Waals surface area contributed by atoms with Crippen molar-refractivity contribution in [3.63, 3.8) is 0 Å². The molecule has 0 aliphatic carbocycles. The minimum atomic E-state index is 0. The fourth-order valence-corrected chi connectivity index (χ4v) is 3.56. The fourth-order valence-electron chi connectivity index (χ4n) is 2.37. The second kappa shape index (κ2) is 6.06. The highest BCUT2D eigenvalue weighted by atomic mass is 35.5. The fraction of sp³-hybridized carbons (Fsp3) is 0.462. The molecule has 98 valence electrons. The molecule has 2 heterocycles. The van der Waals surface area contributed by atoms with Gasteiger partial charge in [-0.25, -0.2) is 0 Å². The Labute approximate surface area is 117 Å². The van der Waals surface area contributed by atoms with E-state index in [0.717, 1.165) is 38.4 Å². The van der Waals surface area contributed by atoms with Crippen molar-refractivity contribution in [2.75, 3.05) is 32.8 Å². The lowest BCUT2D eigenvalue weighted by Crippen LogP contribution is -2.38. The van der Waals surface area contributed by atoms with Crippen LogP contribution < -0.4 is 0 Å². The lowest BCUT2D eigenvalue weighted by molar-refractivity contribution is 0.0382. The lowest BCUT2D eigenvalue weighted by Gasteiger charge is -2.28. The predicted molar refractivity (Wildman–Crippen MR) is 75.6 cm³/mol. The molecule has 3 nitrogen and oxygen atoms in total. The van der Waals surface area contributed by atoms with E-state index in [1.807, 2.05) is 18.2 Å². The zero-order chi connectivity index (χ0) is 11.7. The molecular weight excluding hydrogens is 270 g/mol. The van der Waals surface area contributed by atoms with Crippen molar-refractivity contribution < 1.29 is 9.53 Å². The largest absolute Gasteiger partial charge is 0.379 e. The molecule has 0 saturated carbocycles. The van der Waals surface area contributed by atoms with Gasteiger partial charge in [0.15, 0.2) is 0 Å². The summed E-state index contributed by atoms with van der Waals surface area (Å²) in [6.07, 6.45) is 0. The molecule has 1 atom stereocenters. The van der Waals surface area contributed by atoms with E-state index in [9.17, 15) is 4.79 Å². The van der Waals surface area contributed by atoms with E-state index in [1.165, 1.54) is 17.3 Å². The Bertz CT molecular complexity index is 435. The molecule has 1 fully saturated rings. The molecule has 1 unspecified atom stereocenters. The Balaban J connectivity index is 0.00000120. The molecule has 2 aliphatic heterocycles. The monoisotopic (exact) mass is 285 g/mol. The number of hydrogen-bond donors (Lipinski definition) is 0. The first-order valence-corrected chi connectivity index (χ1v) is 6.82. The molecule has 0 N–H and O–H groups in total. The van der Waals surface area contributed by atoms with Gasteiger partial charge in [-0.15, -0.1) is 12.4 Å². The Morgan fingerprint density at radius 1 is 1.28 bits per heavy atom. The number of carbonyl (C=O) groups excluding carboxylic acids is 1. The molecule has 1 saturated heterocycles. The topological polar surface area (TPSA) is 29.5 Å². The number of thioether (sulfide) groups is 1. The number of nitrogens with zero attached hydrogens (tertiary/aromatic N) is 1. The number of carbonyl (C=O) groups is 1. The minimum Gasteiger partial charge on any atom is -0.379 e. The van der Waals surface area contributed by atoms with Gasteiger partial charge in [0.1, 0.15) is 0 Å². The van der Waals surface area contributed by atoms with Crippen LogP contribution in [-0.4, -0.2) is 42.9 Å². The summed E-state index contributed by atoms with van der Waals surface area (Å²) in [5, 5.41) is 0.524. The van der Waals surface area contributed by atoms with Crippen molar-refractivity contribution in [1.82, 2.24) is 4.90 Å². The second-order valence-electron chi connectivity index (χ2n) is 4.39. The predicted octanol–water partition coefficient (Wildman–Crippen LogP) is 2.37. The summed E-state index contributed by atoms with van der Waals surface area (Å²) in [6.45, 7) is 4.54. The Morgan fingerprint density at radius 3 is 2.78 bits per heavy atom. The van der Waals surface area contributed by atoms with Crippen molar-refractivity contribution in [3.8, 4) is 0 Å². The molecule has 0 amide bonds. The van der Waals surface area contributed by atoms with Crippen LogP contribution in [0.5, 0.6) is 0 Å². The zero-order valence-corrected chi connectivity index (χ0v) is 11.6. The van der Waals surface area contributed by atoms with Gasteiger partial charge >= 0.3 is 0 Å². The van der Waals surface area contributed by atoms with E-state index < -0.39 is 0 Å². The maximum absolute atomic E-state index is 11.8. The van der Waals surface area contributed by atoms with Crippen LogP contribution >= 0.6 is 24.2 Å². The van der Waals surface area contributed by atoms with Gasteiger partial charge < -0.3 is 4.74 Å². The summed E-state index contributed by atoms with van der Waals surface area (Å²) >= 11 is 1.47. The number of fused-ring (bicyclic) bond motifs is 1. The normalized spacial score (nSPS) is 23.6. The third-order valence-corrected chi connectivity index (χ3v) is 4.43. The second-order valence-corrected chi connectivity index (χ2v) is 5.57. The summed E-state index contributed by atoms with van der Waals surface area (Å²) in [6, 6.07) is 7.97. The van der Waals surface area contributed by atoms with Crippen molar-refractivity contribution in [2.45, 2.75) is 5.25 Å². The highest BCUT2D eigenvalue weighted by molar-refractivity contribution is 8.14. The molecule has 0 radical (unpaired) electrons. The first kappa shape index (κ1) is 13.9. The van der Waals surface area contributed by atoms with Crippen LogP contribution in [0.4, 0.5) is 0 Å². The number of morpholine rings is 1. The average Bonchev–Trinajstić information content (AvgIpc) is 2.69. The Kier molecular flexibility index (Phi) is 4.67. The van der Waals surface area contributed by atoms with Crippen molar-refractivity contribution >= 4 is 29.3 Å². The van der Waals surface area contributed by atoms with E-state index in [1.54, 1.807) is 0 Å². The van der Waals surface area contributed by atoms with E-state index in [4.69, 9.17) is 4.74 Å². The van der Waals surface area contributed by atoms with Crippen LogP contribution in [0.2, 0.25) is 0 Å². The molecular formula is C13H16ClNO2S. The standard InChI is InChI=1S/C13H15NO2S.ClH/c15-13-11-4-2-1-3-10(11)12(17-13)9-14-5-7-16-8-6-14;/h1-4,12H,5-9H2;1H. The number of ether oxygens (including phenoxy) is 1. The molecule has 0 bridgehead atoms. The number of benzene rings is 1. The molecule has 3 rings (SSSR count). The summed E-state index contributed by atoms with van der Waals surface area (Å²) in [4.78, 5) is 14.2. The van der Waals surface area contributed by atoms with Crippen LogP contribution in [0.15, 0.2) is 24.3 Å². The molecule has 5 heteroatoms. The van der Waals surface area contributed by atoms with Crippen LogP contribution in [0, 0.1) is 0 Å². The maximum Gasteiger partial charge on any atom is 0.220 e. The molecule has 1 aromatic rings. The van der Waals surface area contributed by atoms with E-state index >= 15 is 0 Å². The zero-order valence-electron chi connectivity index (χ0n) is 10.0. The first-order valence-electron chi connectivity index (χ1n) is 5.94. The number of rotatable bonds is 2. The summed E-state index contributed by atoms with van der Waals surface area (Å²) in [7, 11) is 0. The van der Waals surface area contributed by atoms with Gasteiger partial charge in [0.2, 0.25) is 5.12 Å². The summed E-state index contributed by atoms with van der Waals surface area (Å²) in [5.41, 5.74) is 2.10. The van der Waals surface area contributed by atoms with Gasteiger partial charge in [0.05, 0.1) is 18.5 Å². The van der Waals surface area contributed by atoms with Gasteiger partial charge in [-0.3, -0.25) is 9.69 Å². The van der Waals surface area contributed by atoms with Gasteiger partial charge in [-0.1, -0.05) is 36.0 Å². The van der Waals surface area contributed by atoms with E-state index in [-0.39, 0.29) is 17.5 Å². The Hall–Kier alpha value is -0.550. The van der Waals surface area contributed by atoms with Gasteiger partial charge in [0, 0.05) is 25.2 Å². The average molecular weight is 286 g/mol. The van der Waals surface area contributed by atoms with Gasteiger partial charge in [-0.05, 0) is 5.56 Å². The maximum atomic E-state index is 11.8. The van der Waals surface area contributed by atoms with Crippen LogP contribution in [0.3, 0.4) is 0 Å². The van der Waals surface area contributed by atoms with Gasteiger partial charge in [0.25, 0.3) is 0 Å². The molecule has 1 aromatic carbocycles. The highest BCUT2D eigenvalue weighted by Gasteiger charge is 2.31. The third kappa shape index (κ3) is 2.72. The van der Waals surface area contributed by atoms with Crippen LogP contribution in [-0.2, 0) is 4.74 Å². The lowest BCUT2D eigenvalue weighted by atomic mass is 10.1. The highest BCUT2D eigenvalue weighted by Crippen LogP contribution is 2.41. The van der Waals surface area contributed by atoms with Crippen molar-refractivity contribution in [3.05, 3.63) is 35.4 Å². The van der Waals surface area contributed by atoms with E-state index in [0.29, 0.717) is 5.25 Å². The smallest absolute Gasteiger partial charge is 0.220 e. The molecule has 0 aromatic heterocycles. The summed E-state index contributed by atoms with van der Waals surface area (Å²) in [5.74, 6) is 0.